The van der Waals surface area contributed by atoms with Crippen LogP contribution in [0.1, 0.15) is 33.6 Å². The van der Waals surface area contributed by atoms with Crippen molar-refractivity contribution in [1.29, 1.82) is 5.26 Å². The molecule has 0 aromatic rings. The maximum absolute atomic E-state index is 8.39. The van der Waals surface area contributed by atoms with Gasteiger partial charge in [-0.25, -0.2) is 0 Å². The number of nitrogens with zero attached hydrogens (tertiary/aromatic N) is 2. The van der Waals surface area contributed by atoms with Crippen molar-refractivity contribution >= 4 is 0 Å². The topological polar surface area (TPSA) is 36.3 Å². The van der Waals surface area contributed by atoms with E-state index in [1.54, 1.807) is 0 Å². The van der Waals surface area contributed by atoms with Crippen LogP contribution in [0.2, 0.25) is 0 Å². The minimum Gasteiger partial charge on any atom is -0.363 e. The lowest BCUT2D eigenvalue weighted by Gasteiger charge is -2.40. The second-order valence-electron chi connectivity index (χ2n) is 4.83. The number of nitriles is 1. The summed E-state index contributed by atoms with van der Waals surface area (Å²) in [5, 5.41) is 8.39. The van der Waals surface area contributed by atoms with E-state index in [0.29, 0.717) is 6.10 Å². The minimum atomic E-state index is 0.236. The smallest absolute Gasteiger partial charge is 0.134 e. The van der Waals surface area contributed by atoms with Crippen LogP contribution in [0.5, 0.6) is 0 Å². The molecular formula is C11H20N2O. The van der Waals surface area contributed by atoms with Crippen molar-refractivity contribution in [3.05, 3.63) is 0 Å². The van der Waals surface area contributed by atoms with Gasteiger partial charge in [-0.3, -0.25) is 4.90 Å². The lowest BCUT2D eigenvalue weighted by atomic mass is 9.99. The summed E-state index contributed by atoms with van der Waals surface area (Å²) in [6.07, 6.45) is 2.41. The normalized spacial score (nSPS) is 20.7. The van der Waals surface area contributed by atoms with Gasteiger partial charge in [0.2, 0.25) is 0 Å². The summed E-state index contributed by atoms with van der Waals surface area (Å²) in [6, 6.07) is 2.02. The summed E-state index contributed by atoms with van der Waals surface area (Å²) in [5.74, 6) is 0. The Morgan fingerprint density at radius 2 is 1.93 bits per heavy atom. The van der Waals surface area contributed by atoms with Crippen LogP contribution in [-0.2, 0) is 4.74 Å². The van der Waals surface area contributed by atoms with E-state index >= 15 is 0 Å². The Bertz CT molecular complexity index is 206. The number of rotatable bonds is 2. The predicted molar refractivity (Wildman–Crippen MR) is 55.9 cm³/mol. The quantitative estimate of drug-likeness (QED) is 0.675. The fourth-order valence-corrected chi connectivity index (χ4v) is 1.85. The summed E-state index contributed by atoms with van der Waals surface area (Å²) < 4.78 is 5.41. The van der Waals surface area contributed by atoms with Gasteiger partial charge >= 0.3 is 0 Å². The number of ether oxygens (including phenoxy) is 1. The third-order valence-corrected chi connectivity index (χ3v) is 2.77. The highest BCUT2D eigenvalue weighted by molar-refractivity contribution is 4.82. The number of likely N-dealkylation sites (tertiary alicyclic amines) is 1. The molecule has 0 aliphatic carbocycles. The van der Waals surface area contributed by atoms with E-state index in [2.05, 4.69) is 25.7 Å². The molecule has 0 aromatic heterocycles. The lowest BCUT2D eigenvalue weighted by Crippen LogP contribution is -2.47. The van der Waals surface area contributed by atoms with Gasteiger partial charge in [-0.05, 0) is 33.6 Å². The van der Waals surface area contributed by atoms with Gasteiger partial charge in [0, 0.05) is 18.6 Å². The highest BCUT2D eigenvalue weighted by Crippen LogP contribution is 2.21. The molecular weight excluding hydrogens is 176 g/mol. The largest absolute Gasteiger partial charge is 0.363 e. The molecule has 0 aromatic carbocycles. The van der Waals surface area contributed by atoms with Crippen LogP contribution >= 0.6 is 0 Å². The van der Waals surface area contributed by atoms with Crippen LogP contribution in [0.25, 0.3) is 0 Å². The second kappa shape index (κ2) is 4.77. The molecule has 3 heteroatoms. The molecule has 1 saturated heterocycles. The Labute approximate surface area is 86.6 Å². The summed E-state index contributed by atoms with van der Waals surface area (Å²) in [4.78, 5) is 2.47. The van der Waals surface area contributed by atoms with E-state index in [9.17, 15) is 0 Å². The van der Waals surface area contributed by atoms with Crippen LogP contribution in [0.4, 0.5) is 0 Å². The zero-order chi connectivity index (χ0) is 10.6. The fourth-order valence-electron chi connectivity index (χ4n) is 1.85. The fraction of sp³-hybridized carbons (Fsp3) is 0.909. The highest BCUT2D eigenvalue weighted by Gasteiger charge is 2.26. The molecule has 0 amide bonds. The summed E-state index contributed by atoms with van der Waals surface area (Å²) in [5.41, 5.74) is 0.264. The van der Waals surface area contributed by atoms with E-state index in [-0.39, 0.29) is 12.1 Å². The first kappa shape index (κ1) is 11.5. The molecule has 0 bridgehead atoms. The molecule has 0 saturated carbocycles. The van der Waals surface area contributed by atoms with Crippen LogP contribution in [-0.4, -0.2) is 36.2 Å². The van der Waals surface area contributed by atoms with Gasteiger partial charge in [0.15, 0.2) is 0 Å². The molecule has 1 aliphatic rings. The zero-order valence-electron chi connectivity index (χ0n) is 9.42. The summed E-state index contributed by atoms with van der Waals surface area (Å²) in [7, 11) is 0. The maximum atomic E-state index is 8.39. The average molecular weight is 196 g/mol. The molecule has 0 unspecified atom stereocenters. The van der Waals surface area contributed by atoms with Crippen LogP contribution < -0.4 is 0 Å². The molecule has 80 valence electrons. The van der Waals surface area contributed by atoms with Crippen molar-refractivity contribution in [2.45, 2.75) is 45.3 Å². The molecule has 14 heavy (non-hydrogen) atoms. The Morgan fingerprint density at radius 3 is 2.36 bits per heavy atom. The van der Waals surface area contributed by atoms with Gasteiger partial charge in [0.1, 0.15) is 6.61 Å². The summed E-state index contributed by atoms with van der Waals surface area (Å²) in [6.45, 7) is 9.12. The molecule has 1 aliphatic heterocycles. The molecule has 0 atom stereocenters. The number of piperidine rings is 1. The summed E-state index contributed by atoms with van der Waals surface area (Å²) >= 11 is 0. The Kier molecular flexibility index (Phi) is 3.91. The first-order chi connectivity index (χ1) is 6.54. The first-order valence-corrected chi connectivity index (χ1v) is 5.27. The zero-order valence-corrected chi connectivity index (χ0v) is 9.42. The van der Waals surface area contributed by atoms with Crippen molar-refractivity contribution in [3.8, 4) is 6.07 Å². The lowest BCUT2D eigenvalue weighted by molar-refractivity contribution is -0.000548. The molecule has 3 nitrogen and oxygen atoms in total. The minimum absolute atomic E-state index is 0.236. The number of hydrogen-bond acceptors (Lipinski definition) is 3. The highest BCUT2D eigenvalue weighted by atomic mass is 16.5. The van der Waals surface area contributed by atoms with Crippen molar-refractivity contribution < 1.29 is 4.74 Å². The van der Waals surface area contributed by atoms with Crippen molar-refractivity contribution in [3.63, 3.8) is 0 Å². The van der Waals surface area contributed by atoms with Crippen LogP contribution in [0, 0.1) is 11.3 Å². The second-order valence-corrected chi connectivity index (χ2v) is 4.83. The monoisotopic (exact) mass is 196 g/mol. The first-order valence-electron chi connectivity index (χ1n) is 5.27. The molecule has 1 heterocycles. The van der Waals surface area contributed by atoms with Gasteiger partial charge in [-0.1, -0.05) is 0 Å². The molecule has 0 radical (unpaired) electrons. The molecule has 0 N–H and O–H groups in total. The standard InChI is InChI=1S/C11H20N2O/c1-11(2,3)13-7-4-10(5-8-13)14-9-6-12/h10H,4-5,7-9H2,1-3H3. The van der Waals surface area contributed by atoms with E-state index in [0.717, 1.165) is 25.9 Å². The van der Waals surface area contributed by atoms with Crippen LogP contribution in [0.15, 0.2) is 0 Å². The van der Waals surface area contributed by atoms with Crippen molar-refractivity contribution in [1.82, 2.24) is 4.90 Å². The predicted octanol–water partition coefficient (Wildman–Crippen LogP) is 1.79. The Morgan fingerprint density at radius 1 is 1.36 bits per heavy atom. The third-order valence-electron chi connectivity index (χ3n) is 2.77. The van der Waals surface area contributed by atoms with Gasteiger partial charge in [-0.2, -0.15) is 5.26 Å². The van der Waals surface area contributed by atoms with E-state index in [1.807, 2.05) is 6.07 Å². The van der Waals surface area contributed by atoms with Crippen LogP contribution in [0.3, 0.4) is 0 Å². The third kappa shape index (κ3) is 3.28. The Hall–Kier alpha value is -0.590. The van der Waals surface area contributed by atoms with Gasteiger partial charge < -0.3 is 4.74 Å². The van der Waals surface area contributed by atoms with Gasteiger partial charge in [0.05, 0.1) is 12.2 Å². The van der Waals surface area contributed by atoms with Gasteiger partial charge in [0.25, 0.3) is 0 Å². The van der Waals surface area contributed by atoms with Crippen molar-refractivity contribution in [2.75, 3.05) is 19.7 Å². The van der Waals surface area contributed by atoms with E-state index in [1.165, 1.54) is 0 Å². The van der Waals surface area contributed by atoms with E-state index in [4.69, 9.17) is 10.00 Å². The molecule has 1 fully saturated rings. The number of hydrogen-bond donors (Lipinski definition) is 0. The SMILES string of the molecule is CC(C)(C)N1CCC(OCC#N)CC1. The van der Waals surface area contributed by atoms with E-state index < -0.39 is 0 Å². The van der Waals surface area contributed by atoms with Gasteiger partial charge in [-0.15, -0.1) is 0 Å². The molecule has 0 spiro atoms. The maximum Gasteiger partial charge on any atom is 0.134 e. The average Bonchev–Trinajstić information content (AvgIpc) is 2.14. The molecule has 1 rings (SSSR count). The Balaban J connectivity index is 2.29. The van der Waals surface area contributed by atoms with Crippen molar-refractivity contribution in [2.24, 2.45) is 0 Å².